The highest BCUT2D eigenvalue weighted by Gasteiger charge is 2.14. The van der Waals surface area contributed by atoms with Crippen LogP contribution in [0.25, 0.3) is 0 Å². The summed E-state index contributed by atoms with van der Waals surface area (Å²) in [5, 5.41) is 3.41. The highest BCUT2D eigenvalue weighted by atomic mass is 79.9. The monoisotopic (exact) mass is 319 g/mol. The van der Waals surface area contributed by atoms with E-state index in [1.165, 1.54) is 11.3 Å². The van der Waals surface area contributed by atoms with E-state index in [9.17, 15) is 0 Å². The number of aromatic nitrogens is 1. The highest BCUT2D eigenvalue weighted by Crippen LogP contribution is 2.27. The zero-order valence-electron chi connectivity index (χ0n) is 10.3. The van der Waals surface area contributed by atoms with E-state index in [0.29, 0.717) is 0 Å². The van der Waals surface area contributed by atoms with Crippen LogP contribution in [-0.2, 0) is 12.8 Å². The molecule has 0 aliphatic carbocycles. The molecule has 0 saturated carbocycles. The van der Waals surface area contributed by atoms with E-state index in [-0.39, 0.29) is 12.4 Å². The number of hydrogen-bond donors (Lipinski definition) is 1. The second-order valence-corrected chi connectivity index (χ2v) is 5.02. The fraction of sp³-hybridized carbons (Fsp3) is 0.583. The Morgan fingerprint density at radius 3 is 2.82 bits per heavy atom. The van der Waals surface area contributed by atoms with Gasteiger partial charge in [-0.15, -0.1) is 12.4 Å². The molecule has 0 radical (unpaired) electrons. The summed E-state index contributed by atoms with van der Waals surface area (Å²) in [6.07, 6.45) is 2.12. The number of pyridine rings is 1. The first kappa shape index (κ1) is 14.7. The maximum Gasteiger partial charge on any atom is 0.142 e. The Bertz CT molecular complexity index is 384. The van der Waals surface area contributed by atoms with Crippen molar-refractivity contribution >= 4 is 34.2 Å². The van der Waals surface area contributed by atoms with E-state index < -0.39 is 0 Å². The number of fused-ring (bicyclic) bond motifs is 1. The molecule has 2 heterocycles. The van der Waals surface area contributed by atoms with Gasteiger partial charge in [-0.05, 0) is 47.4 Å². The molecule has 0 aromatic carbocycles. The van der Waals surface area contributed by atoms with Gasteiger partial charge in [0.05, 0.1) is 4.47 Å². The van der Waals surface area contributed by atoms with E-state index >= 15 is 0 Å². The molecule has 1 aromatic heterocycles. The van der Waals surface area contributed by atoms with Crippen LogP contribution in [-0.4, -0.2) is 31.7 Å². The molecule has 0 amide bonds. The quantitative estimate of drug-likeness (QED) is 0.907. The lowest BCUT2D eigenvalue weighted by Crippen LogP contribution is -2.19. The molecule has 1 aliphatic rings. The maximum absolute atomic E-state index is 4.78. The SMILES string of the molecule is CCN(C)c1nc2c(cc1Br)CCNCC2.Cl. The molecular weight excluding hydrogens is 302 g/mol. The van der Waals surface area contributed by atoms with Crippen molar-refractivity contribution in [1.29, 1.82) is 0 Å². The second kappa shape index (κ2) is 6.57. The summed E-state index contributed by atoms with van der Waals surface area (Å²) in [5.74, 6) is 1.06. The zero-order valence-corrected chi connectivity index (χ0v) is 12.7. The molecule has 5 heteroatoms. The number of rotatable bonds is 2. The summed E-state index contributed by atoms with van der Waals surface area (Å²) in [6.45, 7) is 5.21. The average molecular weight is 321 g/mol. The predicted octanol–water partition coefficient (Wildman–Crippen LogP) is 2.41. The standard InChI is InChI=1S/C12H18BrN3.ClH/c1-3-16(2)12-10(13)8-9-4-6-14-7-5-11(9)15-12;/h8,14H,3-7H2,1-2H3;1H. The lowest BCUT2D eigenvalue weighted by Gasteiger charge is -2.19. The Morgan fingerprint density at radius 2 is 2.12 bits per heavy atom. The van der Waals surface area contributed by atoms with Crippen molar-refractivity contribution in [2.75, 3.05) is 31.6 Å². The van der Waals surface area contributed by atoms with Gasteiger partial charge in [0.25, 0.3) is 0 Å². The largest absolute Gasteiger partial charge is 0.359 e. The Hall–Kier alpha value is -0.320. The van der Waals surface area contributed by atoms with Gasteiger partial charge in [-0.3, -0.25) is 0 Å². The third-order valence-electron chi connectivity index (χ3n) is 3.07. The molecule has 0 unspecified atom stereocenters. The molecule has 17 heavy (non-hydrogen) atoms. The third-order valence-corrected chi connectivity index (χ3v) is 3.66. The topological polar surface area (TPSA) is 28.2 Å². The number of nitrogens with one attached hydrogen (secondary N) is 1. The first-order valence-electron chi connectivity index (χ1n) is 5.82. The van der Waals surface area contributed by atoms with Crippen molar-refractivity contribution < 1.29 is 0 Å². The third kappa shape index (κ3) is 3.33. The number of hydrogen-bond acceptors (Lipinski definition) is 3. The van der Waals surface area contributed by atoms with Crippen LogP contribution >= 0.6 is 28.3 Å². The van der Waals surface area contributed by atoms with Crippen LogP contribution < -0.4 is 10.2 Å². The minimum absolute atomic E-state index is 0. The van der Waals surface area contributed by atoms with Crippen LogP contribution in [0.15, 0.2) is 10.5 Å². The number of nitrogens with zero attached hydrogens (tertiary/aromatic N) is 2. The van der Waals surface area contributed by atoms with Gasteiger partial charge < -0.3 is 10.2 Å². The summed E-state index contributed by atoms with van der Waals surface area (Å²) >= 11 is 3.62. The van der Waals surface area contributed by atoms with E-state index in [2.05, 4.69) is 46.2 Å². The van der Waals surface area contributed by atoms with Gasteiger partial charge in [0, 0.05) is 32.3 Å². The molecule has 1 aliphatic heterocycles. The Kier molecular flexibility index (Phi) is 5.70. The second-order valence-electron chi connectivity index (χ2n) is 4.16. The first-order chi connectivity index (χ1) is 7.72. The Labute approximate surface area is 118 Å². The minimum atomic E-state index is 0. The fourth-order valence-electron chi connectivity index (χ4n) is 1.96. The van der Waals surface area contributed by atoms with E-state index in [0.717, 1.165) is 42.8 Å². The summed E-state index contributed by atoms with van der Waals surface area (Å²) in [7, 11) is 2.08. The van der Waals surface area contributed by atoms with Gasteiger partial charge in [0.15, 0.2) is 0 Å². The molecule has 0 bridgehead atoms. The normalized spacial score (nSPS) is 14.5. The maximum atomic E-state index is 4.78. The predicted molar refractivity (Wildman–Crippen MR) is 78.4 cm³/mol. The van der Waals surface area contributed by atoms with Crippen molar-refractivity contribution in [2.24, 2.45) is 0 Å². The molecule has 1 N–H and O–H groups in total. The number of halogens is 2. The van der Waals surface area contributed by atoms with Crippen molar-refractivity contribution in [3.63, 3.8) is 0 Å². The van der Waals surface area contributed by atoms with Crippen molar-refractivity contribution in [3.05, 3.63) is 21.8 Å². The van der Waals surface area contributed by atoms with Crippen molar-refractivity contribution in [2.45, 2.75) is 19.8 Å². The highest BCUT2D eigenvalue weighted by molar-refractivity contribution is 9.10. The van der Waals surface area contributed by atoms with Crippen LogP contribution in [0.1, 0.15) is 18.2 Å². The van der Waals surface area contributed by atoms with Gasteiger partial charge >= 0.3 is 0 Å². The molecule has 0 atom stereocenters. The van der Waals surface area contributed by atoms with Gasteiger partial charge in [-0.2, -0.15) is 0 Å². The molecule has 96 valence electrons. The van der Waals surface area contributed by atoms with Crippen LogP contribution in [0, 0.1) is 0 Å². The lowest BCUT2D eigenvalue weighted by atomic mass is 10.1. The first-order valence-corrected chi connectivity index (χ1v) is 6.61. The molecule has 0 spiro atoms. The lowest BCUT2D eigenvalue weighted by molar-refractivity contribution is 0.708. The van der Waals surface area contributed by atoms with E-state index in [1.54, 1.807) is 0 Å². The van der Waals surface area contributed by atoms with E-state index in [1.807, 2.05) is 0 Å². The minimum Gasteiger partial charge on any atom is -0.359 e. The summed E-state index contributed by atoms with van der Waals surface area (Å²) in [4.78, 5) is 6.95. The fourth-order valence-corrected chi connectivity index (χ4v) is 2.63. The molecule has 2 rings (SSSR count). The smallest absolute Gasteiger partial charge is 0.142 e. The van der Waals surface area contributed by atoms with Gasteiger partial charge in [0.1, 0.15) is 5.82 Å². The summed E-state index contributed by atoms with van der Waals surface area (Å²) in [6, 6.07) is 2.23. The average Bonchev–Trinajstić information content (AvgIpc) is 2.51. The van der Waals surface area contributed by atoms with Crippen LogP contribution in [0.5, 0.6) is 0 Å². The summed E-state index contributed by atoms with van der Waals surface area (Å²) < 4.78 is 1.11. The summed E-state index contributed by atoms with van der Waals surface area (Å²) in [5.41, 5.74) is 2.63. The van der Waals surface area contributed by atoms with Crippen molar-refractivity contribution in [3.8, 4) is 0 Å². The number of anilines is 1. The Balaban J connectivity index is 0.00000144. The molecule has 3 nitrogen and oxygen atoms in total. The van der Waals surface area contributed by atoms with Crippen LogP contribution in [0.4, 0.5) is 5.82 Å². The molecule has 0 fully saturated rings. The zero-order chi connectivity index (χ0) is 11.5. The molecule has 0 saturated heterocycles. The van der Waals surface area contributed by atoms with Crippen LogP contribution in [0.3, 0.4) is 0 Å². The van der Waals surface area contributed by atoms with Crippen molar-refractivity contribution in [1.82, 2.24) is 10.3 Å². The van der Waals surface area contributed by atoms with Gasteiger partial charge in [-0.1, -0.05) is 0 Å². The molecule has 1 aromatic rings. The van der Waals surface area contributed by atoms with Gasteiger partial charge in [-0.25, -0.2) is 4.98 Å². The molecular formula is C12H19BrClN3. The van der Waals surface area contributed by atoms with Crippen LogP contribution in [0.2, 0.25) is 0 Å². The van der Waals surface area contributed by atoms with E-state index in [4.69, 9.17) is 4.98 Å². The Morgan fingerprint density at radius 1 is 1.41 bits per heavy atom. The van der Waals surface area contributed by atoms with Gasteiger partial charge in [0.2, 0.25) is 0 Å².